The quantitative estimate of drug-likeness (QED) is 0.726. The zero-order valence-corrected chi connectivity index (χ0v) is 10.2. The number of hydrogen-bond acceptors (Lipinski definition) is 1. The van der Waals surface area contributed by atoms with E-state index >= 15 is 0 Å². The van der Waals surface area contributed by atoms with Crippen LogP contribution in [0.5, 0.6) is 5.75 Å². The van der Waals surface area contributed by atoms with Gasteiger partial charge in [-0.3, -0.25) is 0 Å². The summed E-state index contributed by atoms with van der Waals surface area (Å²) in [5, 5.41) is -0.257. The van der Waals surface area contributed by atoms with Gasteiger partial charge in [-0.05, 0) is 18.1 Å². The molecule has 0 saturated carbocycles. The maximum Gasteiger partial charge on any atom is 0.418 e. The molecule has 0 radical (unpaired) electrons. The van der Waals surface area contributed by atoms with Gasteiger partial charge in [0.2, 0.25) is 0 Å². The first kappa shape index (κ1) is 12.6. The molecule has 17 heavy (non-hydrogen) atoms. The number of fused-ring (bicyclic) bond motifs is 1. The minimum atomic E-state index is -4.44. The third-order valence-corrected chi connectivity index (χ3v) is 3.35. The van der Waals surface area contributed by atoms with E-state index in [0.717, 1.165) is 0 Å². The molecule has 1 aliphatic rings. The second kappa shape index (κ2) is 4.09. The summed E-state index contributed by atoms with van der Waals surface area (Å²) in [6, 6.07) is 2.75. The van der Waals surface area contributed by atoms with Crippen LogP contribution < -0.4 is 4.74 Å². The SMILES string of the molecule is CC(C)C1COc2ccc(Cl)c(C(F)(F)F)c21. The van der Waals surface area contributed by atoms with Crippen LogP contribution in [0, 0.1) is 5.92 Å². The molecule has 1 aromatic carbocycles. The Morgan fingerprint density at radius 2 is 2.00 bits per heavy atom. The summed E-state index contributed by atoms with van der Waals surface area (Å²) in [6.45, 7) is 4.05. The molecular formula is C12H12ClF3O. The highest BCUT2D eigenvalue weighted by Crippen LogP contribution is 2.48. The average molecular weight is 265 g/mol. The van der Waals surface area contributed by atoms with Crippen molar-refractivity contribution in [3.63, 3.8) is 0 Å². The molecule has 0 amide bonds. The van der Waals surface area contributed by atoms with Crippen LogP contribution in [-0.2, 0) is 6.18 Å². The summed E-state index contributed by atoms with van der Waals surface area (Å²) >= 11 is 5.69. The van der Waals surface area contributed by atoms with Crippen molar-refractivity contribution < 1.29 is 17.9 Å². The van der Waals surface area contributed by atoms with Crippen LogP contribution in [0.3, 0.4) is 0 Å². The molecule has 0 aromatic heterocycles. The second-order valence-electron chi connectivity index (χ2n) is 4.49. The van der Waals surface area contributed by atoms with Crippen molar-refractivity contribution in [3.8, 4) is 5.75 Å². The Labute approximate surface area is 103 Å². The monoisotopic (exact) mass is 264 g/mol. The summed E-state index contributed by atoms with van der Waals surface area (Å²) in [4.78, 5) is 0. The van der Waals surface area contributed by atoms with Crippen molar-refractivity contribution in [2.45, 2.75) is 25.9 Å². The van der Waals surface area contributed by atoms with E-state index in [-0.39, 0.29) is 29.0 Å². The zero-order valence-electron chi connectivity index (χ0n) is 9.44. The molecule has 1 nitrogen and oxygen atoms in total. The van der Waals surface area contributed by atoms with Gasteiger partial charge in [0.25, 0.3) is 0 Å². The van der Waals surface area contributed by atoms with Crippen molar-refractivity contribution in [1.82, 2.24) is 0 Å². The van der Waals surface area contributed by atoms with Gasteiger partial charge >= 0.3 is 6.18 Å². The molecule has 1 aliphatic heterocycles. The normalized spacial score (nSPS) is 19.4. The standard InChI is InChI=1S/C12H12ClF3O/c1-6(2)7-5-17-9-4-3-8(13)11(10(7)9)12(14,15)16/h3-4,6-7H,5H2,1-2H3. The molecule has 5 heteroatoms. The summed E-state index contributed by atoms with van der Waals surface area (Å²) in [5.41, 5.74) is -0.534. The van der Waals surface area contributed by atoms with E-state index in [1.165, 1.54) is 12.1 Å². The first-order valence-corrected chi connectivity index (χ1v) is 5.72. The van der Waals surface area contributed by atoms with Gasteiger partial charge in [0.1, 0.15) is 5.75 Å². The van der Waals surface area contributed by atoms with Crippen LogP contribution in [0.1, 0.15) is 30.9 Å². The van der Waals surface area contributed by atoms with Crippen molar-refractivity contribution in [3.05, 3.63) is 28.3 Å². The Balaban J connectivity index is 2.64. The van der Waals surface area contributed by atoms with Crippen molar-refractivity contribution >= 4 is 11.6 Å². The first-order valence-electron chi connectivity index (χ1n) is 5.34. The maximum atomic E-state index is 13.0. The minimum Gasteiger partial charge on any atom is -0.493 e. The molecule has 0 fully saturated rings. The Bertz CT molecular complexity index is 440. The number of rotatable bonds is 1. The molecule has 1 heterocycles. The molecule has 0 bridgehead atoms. The van der Waals surface area contributed by atoms with Gasteiger partial charge in [0, 0.05) is 11.5 Å². The molecule has 1 unspecified atom stereocenters. The van der Waals surface area contributed by atoms with Gasteiger partial charge in [-0.15, -0.1) is 0 Å². The maximum absolute atomic E-state index is 13.0. The fraction of sp³-hybridized carbons (Fsp3) is 0.500. The minimum absolute atomic E-state index is 0.0795. The smallest absolute Gasteiger partial charge is 0.418 e. The van der Waals surface area contributed by atoms with E-state index in [9.17, 15) is 13.2 Å². The number of benzene rings is 1. The number of hydrogen-bond donors (Lipinski definition) is 0. The van der Waals surface area contributed by atoms with Gasteiger partial charge in [-0.1, -0.05) is 25.4 Å². The van der Waals surface area contributed by atoms with Crippen LogP contribution in [0.15, 0.2) is 12.1 Å². The zero-order chi connectivity index (χ0) is 12.8. The molecule has 0 saturated heterocycles. The fourth-order valence-corrected chi connectivity index (χ4v) is 2.42. The Hall–Kier alpha value is -0.900. The summed E-state index contributed by atoms with van der Waals surface area (Å²) < 4.78 is 44.3. The Morgan fingerprint density at radius 3 is 2.53 bits per heavy atom. The van der Waals surface area contributed by atoms with Crippen molar-refractivity contribution in [1.29, 1.82) is 0 Å². The van der Waals surface area contributed by atoms with E-state index in [4.69, 9.17) is 16.3 Å². The molecule has 0 aliphatic carbocycles. The van der Waals surface area contributed by atoms with Crippen LogP contribution in [-0.4, -0.2) is 6.61 Å². The van der Waals surface area contributed by atoms with Crippen LogP contribution in [0.4, 0.5) is 13.2 Å². The van der Waals surface area contributed by atoms with E-state index in [1.807, 2.05) is 13.8 Å². The third kappa shape index (κ3) is 2.10. The van der Waals surface area contributed by atoms with Crippen LogP contribution in [0.25, 0.3) is 0 Å². The largest absolute Gasteiger partial charge is 0.493 e. The van der Waals surface area contributed by atoms with E-state index in [1.54, 1.807) is 0 Å². The third-order valence-electron chi connectivity index (χ3n) is 3.03. The molecule has 1 atom stereocenters. The topological polar surface area (TPSA) is 9.23 Å². The highest BCUT2D eigenvalue weighted by molar-refractivity contribution is 6.31. The predicted molar refractivity (Wildman–Crippen MR) is 59.5 cm³/mol. The van der Waals surface area contributed by atoms with E-state index in [2.05, 4.69) is 0 Å². The lowest BCUT2D eigenvalue weighted by Gasteiger charge is -2.19. The van der Waals surface area contributed by atoms with Gasteiger partial charge in [-0.25, -0.2) is 0 Å². The lowest BCUT2D eigenvalue weighted by atomic mass is 9.87. The molecular weight excluding hydrogens is 253 g/mol. The number of ether oxygens (including phenoxy) is 1. The first-order chi connectivity index (χ1) is 7.82. The highest BCUT2D eigenvalue weighted by Gasteiger charge is 2.42. The number of alkyl halides is 3. The molecule has 2 rings (SSSR count). The lowest BCUT2D eigenvalue weighted by Crippen LogP contribution is -2.15. The fourth-order valence-electron chi connectivity index (χ4n) is 2.14. The molecule has 94 valence electrons. The Morgan fingerprint density at radius 1 is 1.35 bits per heavy atom. The summed E-state index contributed by atoms with van der Waals surface area (Å²) in [5.74, 6) is 0.136. The van der Waals surface area contributed by atoms with E-state index in [0.29, 0.717) is 5.75 Å². The van der Waals surface area contributed by atoms with E-state index < -0.39 is 11.7 Å². The second-order valence-corrected chi connectivity index (χ2v) is 4.90. The van der Waals surface area contributed by atoms with Gasteiger partial charge in [0.05, 0.1) is 17.2 Å². The lowest BCUT2D eigenvalue weighted by molar-refractivity contribution is -0.138. The highest BCUT2D eigenvalue weighted by atomic mass is 35.5. The van der Waals surface area contributed by atoms with Gasteiger partial charge in [-0.2, -0.15) is 13.2 Å². The molecule has 0 N–H and O–H groups in total. The number of halogens is 4. The van der Waals surface area contributed by atoms with Crippen LogP contribution >= 0.6 is 11.6 Å². The molecule has 1 aromatic rings. The summed E-state index contributed by atoms with van der Waals surface area (Å²) in [7, 11) is 0. The predicted octanol–water partition coefficient (Wildman–Crippen LogP) is 4.49. The van der Waals surface area contributed by atoms with Crippen molar-refractivity contribution in [2.75, 3.05) is 6.61 Å². The molecule has 0 spiro atoms. The van der Waals surface area contributed by atoms with Gasteiger partial charge in [0.15, 0.2) is 0 Å². The van der Waals surface area contributed by atoms with Crippen LogP contribution in [0.2, 0.25) is 5.02 Å². The van der Waals surface area contributed by atoms with Crippen molar-refractivity contribution in [2.24, 2.45) is 5.92 Å². The summed E-state index contributed by atoms with van der Waals surface area (Å²) in [6.07, 6.45) is -4.44. The average Bonchev–Trinajstić information content (AvgIpc) is 2.58. The van der Waals surface area contributed by atoms with Gasteiger partial charge < -0.3 is 4.74 Å². The Kier molecular flexibility index (Phi) is 3.02.